The minimum absolute atomic E-state index is 0.167. The Hall–Kier alpha value is -1.36. The van der Waals surface area contributed by atoms with Crippen LogP contribution < -0.4 is 5.32 Å². The molecule has 0 aromatic carbocycles. The van der Waals surface area contributed by atoms with Crippen LogP contribution in [0.3, 0.4) is 0 Å². The van der Waals surface area contributed by atoms with Crippen LogP contribution in [0.5, 0.6) is 0 Å². The number of nitrogens with one attached hydrogen (secondary N) is 1. The lowest BCUT2D eigenvalue weighted by atomic mass is 10.1. The molecule has 1 aromatic rings. The minimum Gasteiger partial charge on any atom is -0.356 e. The maximum Gasteiger partial charge on any atom is 0.220 e. The van der Waals surface area contributed by atoms with E-state index in [0.29, 0.717) is 19.0 Å². The SMILES string of the molecule is C[C@@H](CCC(=O)NCCc1cnn(C)c1)N1CCCC1. The van der Waals surface area contributed by atoms with Crippen LogP contribution in [0.4, 0.5) is 0 Å². The Kier molecular flexibility index (Phi) is 5.59. The third-order valence-electron chi connectivity index (χ3n) is 4.05. The van der Waals surface area contributed by atoms with Crippen molar-refractivity contribution in [2.45, 2.75) is 45.1 Å². The van der Waals surface area contributed by atoms with Crippen LogP contribution in [0.25, 0.3) is 0 Å². The van der Waals surface area contributed by atoms with E-state index in [4.69, 9.17) is 0 Å². The summed E-state index contributed by atoms with van der Waals surface area (Å²) in [4.78, 5) is 14.3. The summed E-state index contributed by atoms with van der Waals surface area (Å²) in [6, 6.07) is 0.529. The van der Waals surface area contributed by atoms with Gasteiger partial charge in [-0.05, 0) is 51.3 Å². The number of amides is 1. The van der Waals surface area contributed by atoms with Crippen LogP contribution in [-0.4, -0.2) is 46.3 Å². The number of likely N-dealkylation sites (tertiary alicyclic amines) is 1. The highest BCUT2D eigenvalue weighted by Gasteiger charge is 2.18. The average molecular weight is 278 g/mol. The minimum atomic E-state index is 0.167. The van der Waals surface area contributed by atoms with Gasteiger partial charge in [-0.15, -0.1) is 0 Å². The first-order valence-corrected chi connectivity index (χ1v) is 7.63. The molecule has 1 amide bonds. The number of carbonyl (C=O) groups excluding carboxylic acids is 1. The van der Waals surface area contributed by atoms with Crippen LogP contribution in [0, 0.1) is 0 Å². The van der Waals surface area contributed by atoms with Crippen molar-refractivity contribution >= 4 is 5.91 Å². The Morgan fingerprint density at radius 3 is 2.85 bits per heavy atom. The van der Waals surface area contributed by atoms with Crippen molar-refractivity contribution in [3.63, 3.8) is 0 Å². The average Bonchev–Trinajstić information content (AvgIpc) is 3.07. The first kappa shape index (κ1) is 15.0. The molecule has 2 heterocycles. The van der Waals surface area contributed by atoms with Gasteiger partial charge in [-0.2, -0.15) is 5.10 Å². The fourth-order valence-electron chi connectivity index (χ4n) is 2.74. The second-order valence-corrected chi connectivity index (χ2v) is 5.75. The molecular formula is C15H26N4O. The zero-order chi connectivity index (χ0) is 14.4. The number of aryl methyl sites for hydroxylation is 1. The number of rotatable bonds is 7. The topological polar surface area (TPSA) is 50.2 Å². The predicted molar refractivity (Wildman–Crippen MR) is 79.4 cm³/mol. The van der Waals surface area contributed by atoms with E-state index < -0.39 is 0 Å². The molecule has 1 saturated heterocycles. The molecule has 1 aliphatic rings. The van der Waals surface area contributed by atoms with Crippen molar-refractivity contribution in [1.82, 2.24) is 20.0 Å². The van der Waals surface area contributed by atoms with E-state index in [9.17, 15) is 4.79 Å². The second kappa shape index (κ2) is 7.43. The maximum atomic E-state index is 11.8. The highest BCUT2D eigenvalue weighted by molar-refractivity contribution is 5.75. The maximum absolute atomic E-state index is 11.8. The van der Waals surface area contributed by atoms with Gasteiger partial charge < -0.3 is 10.2 Å². The van der Waals surface area contributed by atoms with E-state index >= 15 is 0 Å². The zero-order valence-corrected chi connectivity index (χ0v) is 12.6. The summed E-state index contributed by atoms with van der Waals surface area (Å²) in [7, 11) is 1.90. The van der Waals surface area contributed by atoms with Gasteiger partial charge in [0.2, 0.25) is 5.91 Å². The molecule has 1 atom stereocenters. The summed E-state index contributed by atoms with van der Waals surface area (Å²) in [6.07, 6.45) is 8.89. The van der Waals surface area contributed by atoms with Crippen LogP contribution in [0.2, 0.25) is 0 Å². The molecule has 20 heavy (non-hydrogen) atoms. The molecule has 1 aromatic heterocycles. The molecule has 0 saturated carbocycles. The molecule has 5 heteroatoms. The largest absolute Gasteiger partial charge is 0.356 e. The van der Waals surface area contributed by atoms with Gasteiger partial charge in [-0.25, -0.2) is 0 Å². The molecule has 0 unspecified atom stereocenters. The van der Waals surface area contributed by atoms with Crippen molar-refractivity contribution in [3.05, 3.63) is 18.0 Å². The summed E-state index contributed by atoms with van der Waals surface area (Å²) in [5.41, 5.74) is 1.17. The van der Waals surface area contributed by atoms with Gasteiger partial charge in [0.05, 0.1) is 6.20 Å². The molecule has 0 aliphatic carbocycles. The van der Waals surface area contributed by atoms with Crippen LogP contribution in [0.15, 0.2) is 12.4 Å². The van der Waals surface area contributed by atoms with Crippen LogP contribution in [0.1, 0.15) is 38.2 Å². The lowest BCUT2D eigenvalue weighted by Gasteiger charge is -2.23. The molecule has 0 bridgehead atoms. The van der Waals surface area contributed by atoms with E-state index in [-0.39, 0.29) is 5.91 Å². The Labute approximate surface area is 121 Å². The number of carbonyl (C=O) groups is 1. The molecule has 112 valence electrons. The van der Waals surface area contributed by atoms with Crippen molar-refractivity contribution in [1.29, 1.82) is 0 Å². The third kappa shape index (κ3) is 4.63. The van der Waals surface area contributed by atoms with Crippen LogP contribution >= 0.6 is 0 Å². The van der Waals surface area contributed by atoms with Crippen LogP contribution in [-0.2, 0) is 18.3 Å². The van der Waals surface area contributed by atoms with Crippen molar-refractivity contribution in [3.8, 4) is 0 Å². The van der Waals surface area contributed by atoms with Crippen molar-refractivity contribution < 1.29 is 4.79 Å². The van der Waals surface area contributed by atoms with E-state index in [2.05, 4.69) is 22.2 Å². The van der Waals surface area contributed by atoms with E-state index in [1.807, 2.05) is 19.4 Å². The second-order valence-electron chi connectivity index (χ2n) is 5.75. The van der Waals surface area contributed by atoms with Gasteiger partial charge in [-0.3, -0.25) is 9.48 Å². The highest BCUT2D eigenvalue weighted by atomic mass is 16.1. The predicted octanol–water partition coefficient (Wildman–Crippen LogP) is 1.34. The number of aromatic nitrogens is 2. The summed E-state index contributed by atoms with van der Waals surface area (Å²) >= 11 is 0. The van der Waals surface area contributed by atoms with E-state index in [1.54, 1.807) is 4.68 Å². The Morgan fingerprint density at radius 2 is 2.20 bits per heavy atom. The molecule has 1 aliphatic heterocycles. The molecule has 2 rings (SSSR count). The molecule has 1 N–H and O–H groups in total. The lowest BCUT2D eigenvalue weighted by molar-refractivity contribution is -0.121. The molecule has 1 fully saturated rings. The highest BCUT2D eigenvalue weighted by Crippen LogP contribution is 2.14. The van der Waals surface area contributed by atoms with E-state index in [0.717, 1.165) is 12.8 Å². The number of hydrogen-bond acceptors (Lipinski definition) is 3. The first-order valence-electron chi connectivity index (χ1n) is 7.63. The zero-order valence-electron chi connectivity index (χ0n) is 12.6. The quantitative estimate of drug-likeness (QED) is 0.819. The Morgan fingerprint density at radius 1 is 1.45 bits per heavy atom. The summed E-state index contributed by atoms with van der Waals surface area (Å²) in [6.45, 7) is 5.32. The van der Waals surface area contributed by atoms with Crippen molar-refractivity contribution in [2.24, 2.45) is 7.05 Å². The molecule has 0 radical (unpaired) electrons. The standard InChI is InChI=1S/C15H26N4O/c1-13(19-9-3-4-10-19)5-6-15(20)16-8-7-14-11-17-18(2)12-14/h11-13H,3-10H2,1-2H3,(H,16,20)/t13-/m0/s1. The molecular weight excluding hydrogens is 252 g/mol. The molecule has 0 spiro atoms. The molecule has 5 nitrogen and oxygen atoms in total. The third-order valence-corrected chi connectivity index (χ3v) is 4.05. The smallest absolute Gasteiger partial charge is 0.220 e. The van der Waals surface area contributed by atoms with Gasteiger partial charge >= 0.3 is 0 Å². The van der Waals surface area contributed by atoms with E-state index in [1.165, 1.54) is 31.5 Å². The summed E-state index contributed by atoms with van der Waals surface area (Å²) in [5, 5.41) is 7.11. The van der Waals surface area contributed by atoms with Gasteiger partial charge in [0, 0.05) is 32.3 Å². The monoisotopic (exact) mass is 278 g/mol. The fourth-order valence-corrected chi connectivity index (χ4v) is 2.74. The van der Waals surface area contributed by atoms with Gasteiger partial charge in [0.15, 0.2) is 0 Å². The van der Waals surface area contributed by atoms with Gasteiger partial charge in [0.25, 0.3) is 0 Å². The Balaban J connectivity index is 1.58. The summed E-state index contributed by atoms with van der Waals surface area (Å²) < 4.78 is 1.79. The lowest BCUT2D eigenvalue weighted by Crippen LogP contribution is -2.32. The first-order chi connectivity index (χ1) is 9.65. The summed E-state index contributed by atoms with van der Waals surface area (Å²) in [5.74, 6) is 0.167. The van der Waals surface area contributed by atoms with Gasteiger partial charge in [0.1, 0.15) is 0 Å². The number of hydrogen-bond donors (Lipinski definition) is 1. The number of nitrogens with zero attached hydrogens (tertiary/aromatic N) is 3. The normalized spacial score (nSPS) is 17.3. The van der Waals surface area contributed by atoms with Crippen molar-refractivity contribution in [2.75, 3.05) is 19.6 Å². The van der Waals surface area contributed by atoms with Gasteiger partial charge in [-0.1, -0.05) is 0 Å². The fraction of sp³-hybridized carbons (Fsp3) is 0.733. The Bertz CT molecular complexity index is 423.